The third kappa shape index (κ3) is 3.41. The quantitative estimate of drug-likeness (QED) is 0.878. The molecule has 4 heteroatoms. The third-order valence-electron chi connectivity index (χ3n) is 3.06. The van der Waals surface area contributed by atoms with Crippen molar-refractivity contribution in [2.45, 2.75) is 26.3 Å². The Kier molecular flexibility index (Phi) is 4.32. The normalized spacial score (nSPS) is 15.3. The van der Waals surface area contributed by atoms with Gasteiger partial charge in [-0.2, -0.15) is 0 Å². The van der Waals surface area contributed by atoms with Gasteiger partial charge >= 0.3 is 0 Å². The van der Waals surface area contributed by atoms with E-state index in [1.807, 2.05) is 19.9 Å². The number of rotatable bonds is 3. The maximum absolute atomic E-state index is 14.1. The topological polar surface area (TPSA) is 41.1 Å². The van der Waals surface area contributed by atoms with Crippen molar-refractivity contribution in [1.29, 1.82) is 0 Å². The Hall–Kier alpha value is -1.68. The Balaban J connectivity index is 2.22. The van der Waals surface area contributed by atoms with E-state index in [-0.39, 0.29) is 17.8 Å². The second-order valence-corrected chi connectivity index (χ2v) is 5.01. The van der Waals surface area contributed by atoms with Crippen molar-refractivity contribution in [3.05, 3.63) is 41.2 Å². The molecule has 0 atom stereocenters. The van der Waals surface area contributed by atoms with Crippen LogP contribution in [0.15, 0.2) is 24.3 Å². The van der Waals surface area contributed by atoms with Crippen LogP contribution >= 0.6 is 0 Å². The summed E-state index contributed by atoms with van der Waals surface area (Å²) in [4.78, 5) is 11.8. The molecular formula is C15H19FN2O. The molecule has 3 nitrogen and oxygen atoms in total. The lowest BCUT2D eigenvalue weighted by Crippen LogP contribution is -2.30. The molecular weight excluding hydrogens is 243 g/mol. The van der Waals surface area contributed by atoms with E-state index in [1.54, 1.807) is 12.1 Å². The molecule has 1 aromatic rings. The molecule has 2 N–H and O–H groups in total. The number of nitrogens with one attached hydrogen (secondary N) is 2. The van der Waals surface area contributed by atoms with Crippen LogP contribution in [0, 0.1) is 5.82 Å². The summed E-state index contributed by atoms with van der Waals surface area (Å²) in [6, 6.07) is 4.73. The van der Waals surface area contributed by atoms with Crippen molar-refractivity contribution >= 4 is 11.5 Å². The Morgan fingerprint density at radius 2 is 2.21 bits per heavy atom. The molecule has 1 aromatic carbocycles. The summed E-state index contributed by atoms with van der Waals surface area (Å²) in [7, 11) is 0. The second kappa shape index (κ2) is 5.97. The Morgan fingerprint density at radius 3 is 2.79 bits per heavy atom. The molecule has 0 unspecified atom stereocenters. The zero-order valence-electron chi connectivity index (χ0n) is 11.3. The molecule has 0 radical (unpaired) electrons. The lowest BCUT2D eigenvalue weighted by Gasteiger charge is -2.15. The highest BCUT2D eigenvalue weighted by atomic mass is 19.1. The Morgan fingerprint density at radius 1 is 1.42 bits per heavy atom. The third-order valence-corrected chi connectivity index (χ3v) is 3.06. The van der Waals surface area contributed by atoms with Crippen molar-refractivity contribution in [3.63, 3.8) is 0 Å². The summed E-state index contributed by atoms with van der Waals surface area (Å²) < 4.78 is 14.1. The van der Waals surface area contributed by atoms with Crippen LogP contribution in [0.4, 0.5) is 4.39 Å². The van der Waals surface area contributed by atoms with Crippen LogP contribution in [0.2, 0.25) is 0 Å². The average molecular weight is 262 g/mol. The van der Waals surface area contributed by atoms with E-state index in [2.05, 4.69) is 10.6 Å². The lowest BCUT2D eigenvalue weighted by atomic mass is 9.98. The Labute approximate surface area is 112 Å². The van der Waals surface area contributed by atoms with Crippen LogP contribution in [-0.4, -0.2) is 25.0 Å². The zero-order valence-corrected chi connectivity index (χ0v) is 11.3. The summed E-state index contributed by atoms with van der Waals surface area (Å²) in [5.74, 6) is -0.565. The second-order valence-electron chi connectivity index (χ2n) is 5.01. The monoisotopic (exact) mass is 262 g/mol. The van der Waals surface area contributed by atoms with Gasteiger partial charge in [0.15, 0.2) is 0 Å². The summed E-state index contributed by atoms with van der Waals surface area (Å²) >= 11 is 0. The Bertz CT molecular complexity index is 509. The lowest BCUT2D eigenvalue weighted by molar-refractivity contribution is 0.0942. The maximum atomic E-state index is 14.1. The molecule has 0 saturated carbocycles. The number of amides is 1. The standard InChI is InChI=1S/C15H19FN2O/c1-10(2)18-15(19)12-3-4-13(14(16)9-12)11-5-7-17-8-6-11/h3-5,9-10,17H,6-8H2,1-2H3,(H,18,19). The molecule has 1 aliphatic rings. The van der Waals surface area contributed by atoms with Gasteiger partial charge in [-0.15, -0.1) is 0 Å². The minimum absolute atomic E-state index is 0.0439. The highest BCUT2D eigenvalue weighted by Gasteiger charge is 2.14. The predicted molar refractivity (Wildman–Crippen MR) is 74.5 cm³/mol. The minimum Gasteiger partial charge on any atom is -0.350 e. The van der Waals surface area contributed by atoms with E-state index in [0.717, 1.165) is 25.1 Å². The smallest absolute Gasteiger partial charge is 0.251 e. The molecule has 19 heavy (non-hydrogen) atoms. The molecule has 102 valence electrons. The van der Waals surface area contributed by atoms with Crippen LogP contribution in [0.3, 0.4) is 0 Å². The summed E-state index contributed by atoms with van der Waals surface area (Å²) in [5.41, 5.74) is 1.97. The molecule has 0 fully saturated rings. The van der Waals surface area contributed by atoms with Crippen LogP contribution in [0.5, 0.6) is 0 Å². The molecule has 1 amide bonds. The first kappa shape index (κ1) is 13.7. The maximum Gasteiger partial charge on any atom is 0.251 e. The number of carbonyl (C=O) groups is 1. The van der Waals surface area contributed by atoms with E-state index >= 15 is 0 Å². The van der Waals surface area contributed by atoms with Crippen molar-refractivity contribution in [2.75, 3.05) is 13.1 Å². The molecule has 1 heterocycles. The molecule has 0 spiro atoms. The van der Waals surface area contributed by atoms with Crippen LogP contribution in [0.1, 0.15) is 36.2 Å². The first-order chi connectivity index (χ1) is 9.08. The zero-order chi connectivity index (χ0) is 13.8. The first-order valence-corrected chi connectivity index (χ1v) is 6.58. The van der Waals surface area contributed by atoms with Crippen molar-refractivity contribution < 1.29 is 9.18 Å². The molecule has 2 rings (SSSR count). The van der Waals surface area contributed by atoms with Crippen molar-refractivity contribution in [3.8, 4) is 0 Å². The van der Waals surface area contributed by atoms with E-state index in [0.29, 0.717) is 11.1 Å². The first-order valence-electron chi connectivity index (χ1n) is 6.58. The van der Waals surface area contributed by atoms with Gasteiger partial charge in [0, 0.05) is 23.7 Å². The predicted octanol–water partition coefficient (Wildman–Crippen LogP) is 2.34. The van der Waals surface area contributed by atoms with E-state index < -0.39 is 0 Å². The fourth-order valence-corrected chi connectivity index (χ4v) is 2.13. The van der Waals surface area contributed by atoms with Gasteiger partial charge in [-0.25, -0.2) is 4.39 Å². The molecule has 0 aromatic heterocycles. The van der Waals surface area contributed by atoms with Gasteiger partial charge in [-0.1, -0.05) is 12.1 Å². The van der Waals surface area contributed by atoms with Crippen molar-refractivity contribution in [2.24, 2.45) is 0 Å². The molecule has 0 aliphatic carbocycles. The van der Waals surface area contributed by atoms with Crippen LogP contribution < -0.4 is 10.6 Å². The minimum atomic E-state index is -0.329. The molecule has 0 saturated heterocycles. The van der Waals surface area contributed by atoms with Gasteiger partial charge < -0.3 is 10.6 Å². The van der Waals surface area contributed by atoms with E-state index in [9.17, 15) is 9.18 Å². The van der Waals surface area contributed by atoms with Gasteiger partial charge in [0.1, 0.15) is 5.82 Å². The van der Waals surface area contributed by atoms with Crippen molar-refractivity contribution in [1.82, 2.24) is 10.6 Å². The van der Waals surface area contributed by atoms with Crippen LogP contribution in [-0.2, 0) is 0 Å². The van der Waals surface area contributed by atoms with Gasteiger partial charge in [0.25, 0.3) is 5.91 Å². The number of hydrogen-bond acceptors (Lipinski definition) is 2. The fraction of sp³-hybridized carbons (Fsp3) is 0.400. The average Bonchev–Trinajstić information content (AvgIpc) is 2.38. The van der Waals surface area contributed by atoms with Gasteiger partial charge in [-0.3, -0.25) is 4.79 Å². The summed E-state index contributed by atoms with van der Waals surface area (Å²) in [6.07, 6.45) is 2.81. The molecule has 0 bridgehead atoms. The number of halogens is 1. The SMILES string of the molecule is CC(C)NC(=O)c1ccc(C2=CCNCC2)c(F)c1. The number of benzene rings is 1. The van der Waals surface area contributed by atoms with E-state index in [4.69, 9.17) is 0 Å². The molecule has 1 aliphatic heterocycles. The van der Waals surface area contributed by atoms with Gasteiger partial charge in [-0.05, 0) is 44.5 Å². The van der Waals surface area contributed by atoms with Crippen LogP contribution in [0.25, 0.3) is 5.57 Å². The fourth-order valence-electron chi connectivity index (χ4n) is 2.13. The van der Waals surface area contributed by atoms with E-state index in [1.165, 1.54) is 6.07 Å². The number of carbonyl (C=O) groups excluding carboxylic acids is 1. The highest BCUT2D eigenvalue weighted by Crippen LogP contribution is 2.23. The summed E-state index contributed by atoms with van der Waals surface area (Å²) in [6.45, 7) is 5.39. The van der Waals surface area contributed by atoms with Gasteiger partial charge in [0.05, 0.1) is 0 Å². The highest BCUT2D eigenvalue weighted by molar-refractivity contribution is 5.94. The largest absolute Gasteiger partial charge is 0.350 e. The van der Waals surface area contributed by atoms with Gasteiger partial charge in [0.2, 0.25) is 0 Å². The number of hydrogen-bond donors (Lipinski definition) is 2. The summed E-state index contributed by atoms with van der Waals surface area (Å²) in [5, 5.41) is 5.95.